The molecule has 0 radical (unpaired) electrons. The van der Waals surface area contributed by atoms with Crippen LogP contribution in [0.5, 0.6) is 5.88 Å². The molecule has 1 amide bonds. The molecule has 0 aliphatic rings. The molecule has 0 bridgehead atoms. The van der Waals surface area contributed by atoms with Crippen molar-refractivity contribution >= 4 is 5.91 Å². The SMILES string of the molecule is CCCc1noc([C@@H](C)NC(=O)c2ccc(-c3nccnc3OC)cc2)n1. The van der Waals surface area contributed by atoms with Crippen molar-refractivity contribution in [3.63, 3.8) is 0 Å². The number of carbonyl (C=O) groups is 1. The Morgan fingerprint density at radius 2 is 1.96 bits per heavy atom. The number of carbonyl (C=O) groups excluding carboxylic acids is 1. The van der Waals surface area contributed by atoms with Gasteiger partial charge in [-0.05, 0) is 25.5 Å². The van der Waals surface area contributed by atoms with Gasteiger partial charge in [0.15, 0.2) is 5.82 Å². The normalized spacial score (nSPS) is 11.8. The number of amides is 1. The molecule has 27 heavy (non-hydrogen) atoms. The fourth-order valence-corrected chi connectivity index (χ4v) is 2.56. The topological polar surface area (TPSA) is 103 Å². The quantitative estimate of drug-likeness (QED) is 0.684. The summed E-state index contributed by atoms with van der Waals surface area (Å²) < 4.78 is 10.4. The maximum Gasteiger partial charge on any atom is 0.251 e. The number of methoxy groups -OCH3 is 1. The van der Waals surface area contributed by atoms with Crippen molar-refractivity contribution in [3.8, 4) is 17.1 Å². The van der Waals surface area contributed by atoms with E-state index in [0.29, 0.717) is 28.9 Å². The van der Waals surface area contributed by atoms with Crippen molar-refractivity contribution in [2.75, 3.05) is 7.11 Å². The van der Waals surface area contributed by atoms with Crippen LogP contribution < -0.4 is 10.1 Å². The van der Waals surface area contributed by atoms with Crippen LogP contribution in [0, 0.1) is 0 Å². The number of hydrogen-bond donors (Lipinski definition) is 1. The van der Waals surface area contributed by atoms with E-state index in [9.17, 15) is 4.79 Å². The zero-order valence-corrected chi connectivity index (χ0v) is 15.5. The van der Waals surface area contributed by atoms with Gasteiger partial charge in [-0.2, -0.15) is 4.98 Å². The zero-order valence-electron chi connectivity index (χ0n) is 15.5. The highest BCUT2D eigenvalue weighted by Crippen LogP contribution is 2.25. The molecular weight excluding hydrogens is 346 g/mol. The zero-order chi connectivity index (χ0) is 19.2. The Hall–Kier alpha value is -3.29. The number of nitrogens with zero attached hydrogens (tertiary/aromatic N) is 4. The highest BCUT2D eigenvalue weighted by Gasteiger charge is 2.17. The molecule has 0 saturated heterocycles. The summed E-state index contributed by atoms with van der Waals surface area (Å²) in [5.41, 5.74) is 1.95. The van der Waals surface area contributed by atoms with Gasteiger partial charge in [0.1, 0.15) is 11.7 Å². The number of benzene rings is 1. The summed E-state index contributed by atoms with van der Waals surface area (Å²) >= 11 is 0. The fraction of sp³-hybridized carbons (Fsp3) is 0.316. The van der Waals surface area contributed by atoms with Gasteiger partial charge < -0.3 is 14.6 Å². The number of nitrogens with one attached hydrogen (secondary N) is 1. The first kappa shape index (κ1) is 18.5. The first-order chi connectivity index (χ1) is 13.1. The molecule has 1 atom stereocenters. The molecule has 3 aromatic rings. The van der Waals surface area contributed by atoms with E-state index in [0.717, 1.165) is 18.4 Å². The summed E-state index contributed by atoms with van der Waals surface area (Å²) in [4.78, 5) is 25.2. The predicted octanol–water partition coefficient (Wildman–Crippen LogP) is 2.98. The van der Waals surface area contributed by atoms with Gasteiger partial charge in [0.25, 0.3) is 5.91 Å². The largest absolute Gasteiger partial charge is 0.479 e. The van der Waals surface area contributed by atoms with E-state index < -0.39 is 0 Å². The lowest BCUT2D eigenvalue weighted by molar-refractivity contribution is 0.0932. The van der Waals surface area contributed by atoms with Crippen LogP contribution in [0.3, 0.4) is 0 Å². The summed E-state index contributed by atoms with van der Waals surface area (Å²) in [5.74, 6) is 1.25. The average Bonchev–Trinajstić information content (AvgIpc) is 3.17. The Bertz CT molecular complexity index is 908. The van der Waals surface area contributed by atoms with E-state index in [1.165, 1.54) is 0 Å². The van der Waals surface area contributed by atoms with E-state index in [1.54, 1.807) is 50.7 Å². The summed E-state index contributed by atoms with van der Waals surface area (Å²) in [6.07, 6.45) is 4.84. The van der Waals surface area contributed by atoms with Gasteiger partial charge in [-0.1, -0.05) is 24.2 Å². The molecule has 1 aromatic carbocycles. The van der Waals surface area contributed by atoms with Crippen molar-refractivity contribution in [3.05, 3.63) is 53.9 Å². The van der Waals surface area contributed by atoms with Gasteiger partial charge in [-0.25, -0.2) is 9.97 Å². The minimum Gasteiger partial charge on any atom is -0.479 e. The molecule has 8 heteroatoms. The third-order valence-electron chi connectivity index (χ3n) is 3.95. The Morgan fingerprint density at radius 3 is 2.67 bits per heavy atom. The minimum atomic E-state index is -0.379. The highest BCUT2D eigenvalue weighted by molar-refractivity contribution is 5.94. The third-order valence-corrected chi connectivity index (χ3v) is 3.95. The van der Waals surface area contributed by atoms with Gasteiger partial charge in [-0.3, -0.25) is 4.79 Å². The lowest BCUT2D eigenvalue weighted by Gasteiger charge is -2.10. The van der Waals surface area contributed by atoms with Gasteiger partial charge in [0.2, 0.25) is 11.8 Å². The van der Waals surface area contributed by atoms with Gasteiger partial charge in [0.05, 0.1) is 7.11 Å². The van der Waals surface area contributed by atoms with Crippen LogP contribution in [-0.4, -0.2) is 33.1 Å². The molecule has 2 heterocycles. The number of aromatic nitrogens is 4. The second-order valence-corrected chi connectivity index (χ2v) is 5.99. The molecule has 0 fully saturated rings. The average molecular weight is 367 g/mol. The standard InChI is InChI=1S/C19H21N5O3/c1-4-5-15-23-18(27-24-15)12(2)22-17(25)14-8-6-13(7-9-14)16-19(26-3)21-11-10-20-16/h6-12H,4-5H2,1-3H3,(H,22,25)/t12-/m1/s1. The molecular formula is C19H21N5O3. The van der Waals surface area contributed by atoms with Crippen LogP contribution in [0.1, 0.15) is 48.4 Å². The lowest BCUT2D eigenvalue weighted by Crippen LogP contribution is -2.26. The van der Waals surface area contributed by atoms with Crippen LogP contribution in [0.15, 0.2) is 41.2 Å². The summed E-state index contributed by atoms with van der Waals surface area (Å²) in [6.45, 7) is 3.85. The number of aryl methyl sites for hydroxylation is 1. The smallest absolute Gasteiger partial charge is 0.251 e. The second-order valence-electron chi connectivity index (χ2n) is 5.99. The van der Waals surface area contributed by atoms with Crippen LogP contribution in [0.25, 0.3) is 11.3 Å². The van der Waals surface area contributed by atoms with E-state index >= 15 is 0 Å². The van der Waals surface area contributed by atoms with Gasteiger partial charge >= 0.3 is 0 Å². The first-order valence-corrected chi connectivity index (χ1v) is 8.71. The Labute approximate surface area is 157 Å². The summed E-state index contributed by atoms with van der Waals surface area (Å²) in [6, 6.07) is 6.68. The van der Waals surface area contributed by atoms with Crippen molar-refractivity contribution in [2.24, 2.45) is 0 Å². The van der Waals surface area contributed by atoms with E-state index in [1.807, 2.05) is 6.92 Å². The van der Waals surface area contributed by atoms with Crippen molar-refractivity contribution in [1.29, 1.82) is 0 Å². The van der Waals surface area contributed by atoms with Crippen molar-refractivity contribution in [1.82, 2.24) is 25.4 Å². The maximum atomic E-state index is 12.5. The van der Waals surface area contributed by atoms with Crippen LogP contribution >= 0.6 is 0 Å². The first-order valence-electron chi connectivity index (χ1n) is 8.71. The molecule has 0 unspecified atom stereocenters. The van der Waals surface area contributed by atoms with E-state index in [4.69, 9.17) is 9.26 Å². The van der Waals surface area contributed by atoms with Crippen LogP contribution in [-0.2, 0) is 6.42 Å². The Kier molecular flexibility index (Phi) is 5.75. The number of hydrogen-bond acceptors (Lipinski definition) is 7. The van der Waals surface area contributed by atoms with Crippen LogP contribution in [0.4, 0.5) is 0 Å². The maximum absolute atomic E-state index is 12.5. The monoisotopic (exact) mass is 367 g/mol. The molecule has 2 aromatic heterocycles. The predicted molar refractivity (Wildman–Crippen MR) is 98.2 cm³/mol. The highest BCUT2D eigenvalue weighted by atomic mass is 16.5. The third kappa shape index (κ3) is 4.28. The molecule has 1 N–H and O–H groups in total. The van der Waals surface area contributed by atoms with Crippen LogP contribution in [0.2, 0.25) is 0 Å². The van der Waals surface area contributed by atoms with Gasteiger partial charge in [0, 0.05) is 29.9 Å². The molecule has 8 nitrogen and oxygen atoms in total. The van der Waals surface area contributed by atoms with Crippen molar-refractivity contribution in [2.45, 2.75) is 32.7 Å². The fourth-order valence-electron chi connectivity index (χ4n) is 2.56. The number of ether oxygens (including phenoxy) is 1. The minimum absolute atomic E-state index is 0.226. The van der Waals surface area contributed by atoms with E-state index in [-0.39, 0.29) is 11.9 Å². The molecule has 0 aliphatic heterocycles. The van der Waals surface area contributed by atoms with E-state index in [2.05, 4.69) is 25.4 Å². The molecule has 140 valence electrons. The van der Waals surface area contributed by atoms with Gasteiger partial charge in [-0.15, -0.1) is 0 Å². The molecule has 0 aliphatic carbocycles. The van der Waals surface area contributed by atoms with Crippen molar-refractivity contribution < 1.29 is 14.1 Å². The Balaban J connectivity index is 1.70. The second kappa shape index (κ2) is 8.39. The molecule has 0 spiro atoms. The Morgan fingerprint density at radius 1 is 1.22 bits per heavy atom. The molecule has 0 saturated carbocycles. The lowest BCUT2D eigenvalue weighted by atomic mass is 10.1. The molecule has 3 rings (SSSR count). The number of rotatable bonds is 7. The summed E-state index contributed by atoms with van der Waals surface area (Å²) in [7, 11) is 1.54. The summed E-state index contributed by atoms with van der Waals surface area (Å²) in [5, 5.41) is 6.77.